The summed E-state index contributed by atoms with van der Waals surface area (Å²) in [5, 5.41) is 0. The van der Waals surface area contributed by atoms with Crippen LogP contribution in [0.25, 0.3) is 0 Å². The van der Waals surface area contributed by atoms with Gasteiger partial charge in [-0.3, -0.25) is 14.4 Å². The maximum atomic E-state index is 10.9. The van der Waals surface area contributed by atoms with Crippen LogP contribution in [0.5, 0.6) is 0 Å². The fourth-order valence-electron chi connectivity index (χ4n) is 0.754. The molecule has 0 amide bonds. The Hall–Kier alpha value is -1.23. The van der Waals surface area contributed by atoms with Crippen molar-refractivity contribution in [2.75, 3.05) is 0 Å². The van der Waals surface area contributed by atoms with Gasteiger partial charge in [-0.2, -0.15) is 0 Å². The minimum atomic E-state index is -0.803. The van der Waals surface area contributed by atoms with E-state index >= 15 is 0 Å². The van der Waals surface area contributed by atoms with E-state index in [0.717, 1.165) is 0 Å². The third-order valence-electron chi connectivity index (χ3n) is 1.45. The molecule has 0 heterocycles. The third kappa shape index (κ3) is 6.30. The van der Waals surface area contributed by atoms with Crippen LogP contribution >= 0.6 is 0 Å². The smallest absolute Gasteiger partial charge is 0.320 e. The molecule has 0 aromatic heterocycles. The number of hydrogen-bond acceptors (Lipinski definition) is 5. The van der Waals surface area contributed by atoms with Crippen molar-refractivity contribution >= 4 is 17.7 Å². The number of carbonyl (C=O) groups excluding carboxylic acids is 3. The lowest BCUT2D eigenvalue weighted by Crippen LogP contribution is -2.23. The first-order valence-corrected chi connectivity index (χ1v) is 4.46. The molecule has 0 aliphatic rings. The summed E-state index contributed by atoms with van der Waals surface area (Å²) in [6.45, 7) is 3.27. The Morgan fingerprint density at radius 2 is 1.86 bits per heavy atom. The van der Waals surface area contributed by atoms with Gasteiger partial charge in [0.2, 0.25) is 0 Å². The van der Waals surface area contributed by atoms with Crippen LogP contribution in [0, 0.1) is 0 Å². The Balaban J connectivity index is 3.83. The zero-order valence-corrected chi connectivity index (χ0v) is 8.41. The lowest BCUT2D eigenvalue weighted by molar-refractivity contribution is -0.160. The zero-order valence-electron chi connectivity index (χ0n) is 8.41. The molecule has 0 saturated carbocycles. The van der Waals surface area contributed by atoms with Crippen LogP contribution in [0.4, 0.5) is 0 Å². The van der Waals surface area contributed by atoms with Crippen molar-refractivity contribution in [3.63, 3.8) is 0 Å². The summed E-state index contributed by atoms with van der Waals surface area (Å²) in [6, 6.07) is -0.350. The minimum absolute atomic E-state index is 0.0218. The van der Waals surface area contributed by atoms with E-state index in [1.165, 1.54) is 0 Å². The fourth-order valence-corrected chi connectivity index (χ4v) is 0.754. The summed E-state index contributed by atoms with van der Waals surface area (Å²) in [4.78, 5) is 32.6. The third-order valence-corrected chi connectivity index (χ3v) is 1.45. The van der Waals surface area contributed by atoms with E-state index in [2.05, 4.69) is 4.74 Å². The molecule has 0 radical (unpaired) electrons. The van der Waals surface area contributed by atoms with Gasteiger partial charge in [0.05, 0.1) is 6.42 Å². The Morgan fingerprint density at radius 1 is 1.29 bits per heavy atom. The molecule has 1 atom stereocenters. The molecule has 1 unspecified atom stereocenters. The van der Waals surface area contributed by atoms with E-state index in [1.807, 2.05) is 0 Å². The standard InChI is InChI=1S/C9H15NO4/c1-3-7(11)5-9(13)14-8(12)4-6(2)10/h6H,3-5,10H2,1-2H3. The number of esters is 2. The summed E-state index contributed by atoms with van der Waals surface area (Å²) in [6.07, 6.45) is -0.107. The van der Waals surface area contributed by atoms with Gasteiger partial charge in [-0.25, -0.2) is 0 Å². The van der Waals surface area contributed by atoms with Crippen LogP contribution in [-0.2, 0) is 19.1 Å². The van der Waals surface area contributed by atoms with E-state index in [-0.39, 0.29) is 31.1 Å². The molecule has 0 aliphatic heterocycles. The van der Waals surface area contributed by atoms with E-state index in [4.69, 9.17) is 5.73 Å². The lowest BCUT2D eigenvalue weighted by Gasteiger charge is -2.03. The number of nitrogens with two attached hydrogens (primary N) is 1. The fraction of sp³-hybridized carbons (Fsp3) is 0.667. The van der Waals surface area contributed by atoms with Crippen molar-refractivity contribution in [3.05, 3.63) is 0 Å². The minimum Gasteiger partial charge on any atom is -0.393 e. The maximum Gasteiger partial charge on any atom is 0.320 e. The van der Waals surface area contributed by atoms with Crippen molar-refractivity contribution in [2.45, 2.75) is 39.2 Å². The molecule has 0 aromatic rings. The maximum absolute atomic E-state index is 10.9. The molecule has 0 aliphatic carbocycles. The molecule has 0 aromatic carbocycles. The monoisotopic (exact) mass is 201 g/mol. The Kier molecular flexibility index (Phi) is 5.71. The van der Waals surface area contributed by atoms with Crippen LogP contribution in [-0.4, -0.2) is 23.8 Å². The van der Waals surface area contributed by atoms with Crippen molar-refractivity contribution in [3.8, 4) is 0 Å². The molecule has 0 spiro atoms. The average Bonchev–Trinajstić information content (AvgIpc) is 2.01. The molecular weight excluding hydrogens is 186 g/mol. The van der Waals surface area contributed by atoms with Gasteiger partial charge in [0, 0.05) is 12.5 Å². The van der Waals surface area contributed by atoms with E-state index in [0.29, 0.717) is 0 Å². The molecule has 80 valence electrons. The van der Waals surface area contributed by atoms with Crippen molar-refractivity contribution in [1.29, 1.82) is 0 Å². The molecule has 0 fully saturated rings. The molecule has 0 rings (SSSR count). The molecule has 5 nitrogen and oxygen atoms in total. The Morgan fingerprint density at radius 3 is 2.29 bits per heavy atom. The second-order valence-electron chi connectivity index (χ2n) is 3.10. The Labute approximate surface area is 82.6 Å². The van der Waals surface area contributed by atoms with Crippen LogP contribution in [0.15, 0.2) is 0 Å². The first-order chi connectivity index (χ1) is 6.45. The zero-order chi connectivity index (χ0) is 11.1. The second-order valence-corrected chi connectivity index (χ2v) is 3.10. The highest BCUT2D eigenvalue weighted by Gasteiger charge is 2.14. The predicted octanol–water partition coefficient (Wildman–Crippen LogP) is 0.163. The van der Waals surface area contributed by atoms with Gasteiger partial charge in [0.25, 0.3) is 0 Å². The highest BCUT2D eigenvalue weighted by molar-refractivity contribution is 5.99. The van der Waals surface area contributed by atoms with Crippen LogP contribution < -0.4 is 5.73 Å². The van der Waals surface area contributed by atoms with Crippen molar-refractivity contribution in [2.24, 2.45) is 5.73 Å². The van der Waals surface area contributed by atoms with Gasteiger partial charge in [-0.1, -0.05) is 6.92 Å². The molecule has 0 bridgehead atoms. The van der Waals surface area contributed by atoms with Crippen LogP contribution in [0.1, 0.15) is 33.1 Å². The number of Topliss-reactive ketones (excluding diaryl/α,β-unsaturated/α-hetero) is 1. The highest BCUT2D eigenvalue weighted by Crippen LogP contribution is 1.96. The van der Waals surface area contributed by atoms with Gasteiger partial charge >= 0.3 is 11.9 Å². The summed E-state index contributed by atoms with van der Waals surface area (Å²) in [5.74, 6) is -1.74. The van der Waals surface area contributed by atoms with Crippen molar-refractivity contribution in [1.82, 2.24) is 0 Å². The first-order valence-electron chi connectivity index (χ1n) is 4.46. The summed E-state index contributed by atoms with van der Waals surface area (Å²) < 4.78 is 4.36. The number of ether oxygens (including phenoxy) is 1. The summed E-state index contributed by atoms with van der Waals surface area (Å²) >= 11 is 0. The lowest BCUT2D eigenvalue weighted by atomic mass is 10.2. The van der Waals surface area contributed by atoms with Gasteiger partial charge < -0.3 is 10.5 Å². The largest absolute Gasteiger partial charge is 0.393 e. The summed E-state index contributed by atoms with van der Waals surface area (Å²) in [7, 11) is 0. The normalized spacial score (nSPS) is 11.9. The van der Waals surface area contributed by atoms with E-state index in [1.54, 1.807) is 13.8 Å². The molecule has 2 N–H and O–H groups in total. The quantitative estimate of drug-likeness (QED) is 0.506. The summed E-state index contributed by atoms with van der Waals surface area (Å²) in [5.41, 5.74) is 5.32. The van der Waals surface area contributed by atoms with Crippen molar-refractivity contribution < 1.29 is 19.1 Å². The highest BCUT2D eigenvalue weighted by atomic mass is 16.6. The SMILES string of the molecule is CCC(=O)CC(=O)OC(=O)CC(C)N. The first kappa shape index (κ1) is 12.8. The van der Waals surface area contributed by atoms with Crippen LogP contribution in [0.3, 0.4) is 0 Å². The van der Waals surface area contributed by atoms with Gasteiger partial charge in [0.15, 0.2) is 0 Å². The van der Waals surface area contributed by atoms with Gasteiger partial charge in [-0.05, 0) is 6.92 Å². The van der Waals surface area contributed by atoms with E-state index < -0.39 is 11.9 Å². The predicted molar refractivity (Wildman–Crippen MR) is 49.3 cm³/mol. The number of ketones is 1. The molecule has 0 saturated heterocycles. The second kappa shape index (κ2) is 6.26. The number of rotatable bonds is 5. The van der Waals surface area contributed by atoms with E-state index in [9.17, 15) is 14.4 Å². The molecule has 14 heavy (non-hydrogen) atoms. The average molecular weight is 201 g/mol. The number of hydrogen-bond donors (Lipinski definition) is 1. The Bertz CT molecular complexity index is 235. The van der Waals surface area contributed by atoms with Gasteiger partial charge in [0.1, 0.15) is 12.2 Å². The molecule has 5 heteroatoms. The van der Waals surface area contributed by atoms with Crippen LogP contribution in [0.2, 0.25) is 0 Å². The van der Waals surface area contributed by atoms with Gasteiger partial charge in [-0.15, -0.1) is 0 Å². The molecular formula is C9H15NO4. The topological polar surface area (TPSA) is 86.5 Å². The number of carbonyl (C=O) groups is 3.